The summed E-state index contributed by atoms with van der Waals surface area (Å²) in [5, 5.41) is 0. The van der Waals surface area contributed by atoms with Crippen LogP contribution in [0, 0.1) is 6.92 Å². The van der Waals surface area contributed by atoms with Gasteiger partial charge in [0.2, 0.25) is 0 Å². The van der Waals surface area contributed by atoms with E-state index in [1.54, 1.807) is 0 Å². The lowest BCUT2D eigenvalue weighted by molar-refractivity contribution is 0.358. The molecule has 2 aliphatic heterocycles. The number of hydrogen-bond acceptors (Lipinski definition) is 2. The molecule has 0 saturated carbocycles. The van der Waals surface area contributed by atoms with Gasteiger partial charge >= 0.3 is 0 Å². The number of rotatable bonds is 0. The summed E-state index contributed by atoms with van der Waals surface area (Å²) in [6.07, 6.45) is 3.51. The van der Waals surface area contributed by atoms with Gasteiger partial charge < -0.3 is 9.64 Å². The quantitative estimate of drug-likeness (QED) is 0.669. The van der Waals surface area contributed by atoms with Crippen LogP contribution in [-0.2, 0) is 0 Å². The van der Waals surface area contributed by atoms with Crippen molar-refractivity contribution in [3.8, 4) is 5.75 Å². The molecule has 1 unspecified atom stereocenters. The number of allylic oxidation sites excluding steroid dienone is 2. The minimum atomic E-state index is 0.511. The molecule has 2 aromatic rings. The van der Waals surface area contributed by atoms with Crippen molar-refractivity contribution in [3.63, 3.8) is 0 Å². The van der Waals surface area contributed by atoms with E-state index in [-0.39, 0.29) is 0 Å². The van der Waals surface area contributed by atoms with E-state index < -0.39 is 0 Å². The van der Waals surface area contributed by atoms with Crippen LogP contribution in [0.5, 0.6) is 5.75 Å². The Morgan fingerprint density at radius 2 is 2.00 bits per heavy atom. The predicted molar refractivity (Wildman–Crippen MR) is 84.0 cm³/mol. The van der Waals surface area contributed by atoms with Crippen LogP contribution < -0.4 is 9.64 Å². The van der Waals surface area contributed by atoms with Crippen LogP contribution in [0.25, 0.3) is 0 Å². The van der Waals surface area contributed by atoms with Crippen LogP contribution in [0.1, 0.15) is 36.3 Å². The third kappa shape index (κ3) is 1.42. The van der Waals surface area contributed by atoms with Crippen molar-refractivity contribution in [2.45, 2.75) is 32.1 Å². The number of benzene rings is 2. The first kappa shape index (κ1) is 11.4. The molecule has 1 atom stereocenters. The molecule has 21 heavy (non-hydrogen) atoms. The van der Waals surface area contributed by atoms with Crippen LogP contribution in [0.2, 0.25) is 0 Å². The van der Waals surface area contributed by atoms with E-state index >= 15 is 0 Å². The second-order valence-electron chi connectivity index (χ2n) is 6.22. The Morgan fingerprint density at radius 1 is 1.10 bits per heavy atom. The van der Waals surface area contributed by atoms with Gasteiger partial charge in [0, 0.05) is 12.3 Å². The summed E-state index contributed by atoms with van der Waals surface area (Å²) in [5.74, 6) is 2.68. The number of para-hydroxylation sites is 2. The largest absolute Gasteiger partial charge is 0.458 e. The maximum atomic E-state index is 6.22. The molecule has 0 amide bonds. The fourth-order valence-electron chi connectivity index (χ4n) is 4.02. The molecule has 0 N–H and O–H groups in total. The van der Waals surface area contributed by atoms with E-state index in [9.17, 15) is 0 Å². The van der Waals surface area contributed by atoms with Crippen LogP contribution >= 0.6 is 0 Å². The molecule has 2 aromatic carbocycles. The van der Waals surface area contributed by atoms with Gasteiger partial charge in [-0.2, -0.15) is 0 Å². The molecule has 2 heteroatoms. The highest BCUT2D eigenvalue weighted by molar-refractivity contribution is 5.83. The Kier molecular flexibility index (Phi) is 2.13. The van der Waals surface area contributed by atoms with Crippen molar-refractivity contribution in [3.05, 3.63) is 65.0 Å². The minimum Gasteiger partial charge on any atom is -0.458 e. The Bertz CT molecular complexity index is 790. The van der Waals surface area contributed by atoms with Crippen molar-refractivity contribution in [2.24, 2.45) is 0 Å². The van der Waals surface area contributed by atoms with Crippen LogP contribution in [0.15, 0.2) is 53.9 Å². The monoisotopic (exact) mass is 275 g/mol. The van der Waals surface area contributed by atoms with E-state index in [1.807, 2.05) is 0 Å². The van der Waals surface area contributed by atoms with Crippen molar-refractivity contribution in [1.29, 1.82) is 0 Å². The van der Waals surface area contributed by atoms with E-state index in [0.717, 1.165) is 12.2 Å². The molecule has 0 spiro atoms. The zero-order valence-corrected chi connectivity index (χ0v) is 12.1. The molecule has 0 bridgehead atoms. The van der Waals surface area contributed by atoms with Crippen LogP contribution in [0.4, 0.5) is 11.4 Å². The summed E-state index contributed by atoms with van der Waals surface area (Å²) in [6.45, 7) is 2.18. The molecule has 0 fully saturated rings. The lowest BCUT2D eigenvalue weighted by Crippen LogP contribution is -2.25. The van der Waals surface area contributed by atoms with Crippen molar-refractivity contribution in [1.82, 2.24) is 0 Å². The molecule has 2 nitrogen and oxygen atoms in total. The lowest BCUT2D eigenvalue weighted by Gasteiger charge is -2.34. The number of fused-ring (bicyclic) bond motifs is 5. The van der Waals surface area contributed by atoms with Gasteiger partial charge in [0.15, 0.2) is 5.75 Å². The number of ether oxygens (including phenoxy) is 1. The summed E-state index contributed by atoms with van der Waals surface area (Å²) >= 11 is 0. The van der Waals surface area contributed by atoms with E-state index in [2.05, 4.69) is 54.3 Å². The SMILES string of the molecule is Cc1ccc2c(c1)C1CCCC3=C1N2c1ccccc1O3. The molecule has 3 aliphatic rings. The first-order chi connectivity index (χ1) is 10.3. The van der Waals surface area contributed by atoms with Gasteiger partial charge in [-0.25, -0.2) is 0 Å². The van der Waals surface area contributed by atoms with Crippen molar-refractivity contribution >= 4 is 11.4 Å². The van der Waals surface area contributed by atoms with E-state index in [1.165, 1.54) is 46.8 Å². The molecule has 0 radical (unpaired) electrons. The summed E-state index contributed by atoms with van der Waals surface area (Å²) in [5.41, 5.74) is 6.74. The zero-order valence-electron chi connectivity index (χ0n) is 12.1. The maximum Gasteiger partial charge on any atom is 0.151 e. The summed E-state index contributed by atoms with van der Waals surface area (Å²) in [6, 6.07) is 15.2. The highest BCUT2D eigenvalue weighted by Crippen LogP contribution is 2.57. The molecular formula is C19H17NO. The summed E-state index contributed by atoms with van der Waals surface area (Å²) < 4.78 is 6.22. The predicted octanol–water partition coefficient (Wildman–Crippen LogP) is 5.02. The number of aryl methyl sites for hydroxylation is 1. The molecule has 104 valence electrons. The van der Waals surface area contributed by atoms with Gasteiger partial charge in [-0.05, 0) is 43.5 Å². The molecule has 2 heterocycles. The Labute approximate surface area is 124 Å². The van der Waals surface area contributed by atoms with Gasteiger partial charge in [-0.1, -0.05) is 29.8 Å². The molecular weight excluding hydrogens is 258 g/mol. The maximum absolute atomic E-state index is 6.22. The number of nitrogens with zero attached hydrogens (tertiary/aromatic N) is 1. The normalized spacial score (nSPS) is 21.6. The number of anilines is 2. The van der Waals surface area contributed by atoms with Crippen LogP contribution in [0.3, 0.4) is 0 Å². The highest BCUT2D eigenvalue weighted by atomic mass is 16.5. The minimum absolute atomic E-state index is 0.511. The average Bonchev–Trinajstić information content (AvgIpc) is 2.84. The average molecular weight is 275 g/mol. The van der Waals surface area contributed by atoms with Gasteiger partial charge in [-0.3, -0.25) is 0 Å². The molecule has 5 rings (SSSR count). The Balaban J connectivity index is 1.83. The Hall–Kier alpha value is -2.22. The molecule has 1 aliphatic carbocycles. The highest BCUT2D eigenvalue weighted by Gasteiger charge is 2.42. The lowest BCUT2D eigenvalue weighted by atomic mass is 9.87. The second kappa shape index (κ2) is 3.91. The van der Waals surface area contributed by atoms with E-state index in [4.69, 9.17) is 4.74 Å². The summed E-state index contributed by atoms with van der Waals surface area (Å²) in [4.78, 5) is 2.44. The third-order valence-corrected chi connectivity index (χ3v) is 4.89. The van der Waals surface area contributed by atoms with Gasteiger partial charge in [0.1, 0.15) is 5.76 Å². The van der Waals surface area contributed by atoms with Crippen molar-refractivity contribution in [2.75, 3.05) is 4.90 Å². The standard InChI is InChI=1S/C19H17NO/c1-12-9-10-15-14(11-12)13-5-4-8-18-19(13)20(15)16-6-2-3-7-17(16)21-18/h2-3,6-7,9-11,13H,4-5,8H2,1H3. The van der Waals surface area contributed by atoms with Crippen LogP contribution in [-0.4, -0.2) is 0 Å². The number of hydrogen-bond donors (Lipinski definition) is 0. The van der Waals surface area contributed by atoms with Crippen molar-refractivity contribution < 1.29 is 4.74 Å². The third-order valence-electron chi connectivity index (χ3n) is 4.89. The zero-order chi connectivity index (χ0) is 14.0. The Morgan fingerprint density at radius 3 is 2.95 bits per heavy atom. The first-order valence-electron chi connectivity index (χ1n) is 7.73. The van der Waals surface area contributed by atoms with Gasteiger partial charge in [-0.15, -0.1) is 0 Å². The summed E-state index contributed by atoms with van der Waals surface area (Å²) in [7, 11) is 0. The fourth-order valence-corrected chi connectivity index (χ4v) is 4.02. The first-order valence-corrected chi connectivity index (χ1v) is 7.73. The fraction of sp³-hybridized carbons (Fsp3) is 0.263. The molecule has 0 aromatic heterocycles. The molecule has 0 saturated heterocycles. The topological polar surface area (TPSA) is 12.5 Å². The second-order valence-corrected chi connectivity index (χ2v) is 6.22. The van der Waals surface area contributed by atoms with Gasteiger partial charge in [0.05, 0.1) is 17.1 Å². The smallest absolute Gasteiger partial charge is 0.151 e. The van der Waals surface area contributed by atoms with E-state index in [0.29, 0.717) is 5.92 Å². The van der Waals surface area contributed by atoms with Gasteiger partial charge in [0.25, 0.3) is 0 Å².